The molecule has 330 valence electrons. The number of nitrogens with zero attached hydrogens (tertiary/aromatic N) is 8. The lowest BCUT2D eigenvalue weighted by Gasteiger charge is -2.19. The minimum atomic E-state index is -4.15. The molecule has 0 spiro atoms. The van der Waals surface area contributed by atoms with E-state index in [0.29, 0.717) is 45.7 Å². The molecule has 61 heavy (non-hydrogen) atoms. The fourth-order valence-electron chi connectivity index (χ4n) is 6.94. The van der Waals surface area contributed by atoms with Gasteiger partial charge in [0.1, 0.15) is 40.4 Å². The second-order valence-corrected chi connectivity index (χ2v) is 16.7. The van der Waals surface area contributed by atoms with Crippen molar-refractivity contribution in [3.63, 3.8) is 0 Å². The number of nitrogens with two attached hydrogens (primary N) is 2. The molecule has 8 rings (SSSR count). The van der Waals surface area contributed by atoms with Crippen molar-refractivity contribution in [1.29, 1.82) is 0 Å². The number of rotatable bonds is 12. The molecule has 0 radical (unpaired) electrons. The molecule has 22 nitrogen and oxygen atoms in total. The van der Waals surface area contributed by atoms with Crippen LogP contribution in [0.5, 0.6) is 0 Å². The Labute approximate surface area is 356 Å². The summed E-state index contributed by atoms with van der Waals surface area (Å²) in [4.78, 5) is 17.1. The number of pyridine rings is 2. The molecule has 6 aromatic rings. The zero-order valence-electron chi connectivity index (χ0n) is 30.6. The van der Waals surface area contributed by atoms with Gasteiger partial charge in [0.2, 0.25) is 0 Å². The van der Waals surface area contributed by atoms with Crippen molar-refractivity contribution < 1.29 is 45.6 Å². The average molecular weight is 907 g/mol. The summed E-state index contributed by atoms with van der Waals surface area (Å²) in [7, 11) is -8.27. The first-order chi connectivity index (χ1) is 28.0. The highest BCUT2D eigenvalue weighted by atomic mass is 35.5. The predicted molar refractivity (Wildman–Crippen MR) is 224 cm³/mol. The molecule has 0 unspecified atom stereocenters. The average Bonchev–Trinajstić information content (AvgIpc) is 3.96. The van der Waals surface area contributed by atoms with Crippen LogP contribution >= 0.6 is 11.6 Å². The largest absolute Gasteiger partial charge is 0.390 e. The Balaban J connectivity index is 0.000000224. The fraction of sp³-hybridized carbons (Fsp3) is 0.389. The quantitative estimate of drug-likeness (QED) is 0.0794. The van der Waals surface area contributed by atoms with Crippen LogP contribution in [-0.4, -0.2) is 126 Å². The van der Waals surface area contributed by atoms with Gasteiger partial charge in [-0.15, -0.1) is 0 Å². The van der Waals surface area contributed by atoms with Crippen LogP contribution in [0.3, 0.4) is 0 Å². The Morgan fingerprint density at radius 1 is 0.639 bits per heavy atom. The van der Waals surface area contributed by atoms with Gasteiger partial charge in [0.25, 0.3) is 0 Å². The van der Waals surface area contributed by atoms with E-state index in [-0.39, 0.29) is 46.1 Å². The smallest absolute Gasteiger partial charge is 0.333 e. The Morgan fingerprint density at radius 2 is 1.11 bits per heavy atom. The molecule has 2 fully saturated rings. The normalized spacial score (nSPS) is 23.8. The van der Waals surface area contributed by atoms with Gasteiger partial charge in [0.15, 0.2) is 11.3 Å². The van der Waals surface area contributed by atoms with Crippen LogP contribution in [0.1, 0.15) is 27.7 Å². The van der Waals surface area contributed by atoms with E-state index in [1.165, 1.54) is 10.6 Å². The van der Waals surface area contributed by atoms with Gasteiger partial charge in [-0.05, 0) is 43.2 Å². The van der Waals surface area contributed by atoms with Gasteiger partial charge >= 0.3 is 20.6 Å². The number of aliphatic hydroxyl groups is 4. The molecule has 6 heterocycles. The number of aliphatic hydroxyl groups excluding tert-OH is 4. The molecule has 0 aromatic carbocycles. The summed E-state index contributed by atoms with van der Waals surface area (Å²) >= 11 is 6.14. The standard InChI is InChI=1S/C17H19ClN6O5S.C17H20N6O5S.2CH4/c18-13-7-15(21-12-5-9(16(25)17(12)26)8-29-30(19,27)28)24-14(22-13)6-11(23-24)10-3-1-2-4-20-10;18-29(26,27)28-9-10-7-13(17(25)16(10)24)21-14-4-6-20-15-8-12(22-23(14)15)11-3-1-2-5-19-11;;/h1-4,6-7,9,12,16-17,21,25-26H,5,8H2,(H2,19,27,28);1-6,8,10,13,16-17,21,24-25H,7,9H2,(H2,18,26,27);2*1H4/t9-,12-,16-,17+;10-,13-,16-,17+;;/m11../s1. The van der Waals surface area contributed by atoms with E-state index in [2.05, 4.69) is 49.1 Å². The van der Waals surface area contributed by atoms with E-state index in [4.69, 9.17) is 21.9 Å². The van der Waals surface area contributed by atoms with Crippen molar-refractivity contribution in [3.8, 4) is 22.8 Å². The van der Waals surface area contributed by atoms with E-state index in [9.17, 15) is 37.3 Å². The maximum atomic E-state index is 11.0. The van der Waals surface area contributed by atoms with Crippen molar-refractivity contribution >= 4 is 55.1 Å². The number of hydrogen-bond acceptors (Lipinski definition) is 18. The third kappa shape index (κ3) is 11.3. The van der Waals surface area contributed by atoms with Crippen LogP contribution in [0.2, 0.25) is 5.15 Å². The van der Waals surface area contributed by atoms with Crippen LogP contribution < -0.4 is 20.9 Å². The Hall–Kier alpha value is -4.99. The lowest BCUT2D eigenvalue weighted by molar-refractivity contribution is 0.00773. The third-order valence-corrected chi connectivity index (χ3v) is 10.9. The number of anilines is 2. The molecule has 8 atom stereocenters. The lowest BCUT2D eigenvalue weighted by Crippen LogP contribution is -2.36. The predicted octanol–water partition coefficient (Wildman–Crippen LogP) is 0.993. The van der Waals surface area contributed by atoms with Crippen LogP contribution in [0.4, 0.5) is 11.6 Å². The van der Waals surface area contributed by atoms with Gasteiger partial charge in [-0.2, -0.15) is 36.1 Å². The number of aromatic nitrogens is 8. The first-order valence-electron chi connectivity index (χ1n) is 17.9. The molecule has 2 aliphatic carbocycles. The molecule has 2 saturated carbocycles. The Bertz CT molecular complexity index is 2630. The number of nitrogens with one attached hydrogen (secondary N) is 2. The maximum Gasteiger partial charge on any atom is 0.333 e. The minimum absolute atomic E-state index is 0. The highest BCUT2D eigenvalue weighted by Crippen LogP contribution is 2.32. The van der Waals surface area contributed by atoms with Crippen molar-refractivity contribution in [2.45, 2.75) is 64.2 Å². The highest BCUT2D eigenvalue weighted by Gasteiger charge is 2.43. The van der Waals surface area contributed by atoms with E-state index in [1.54, 1.807) is 47.4 Å². The summed E-state index contributed by atoms with van der Waals surface area (Å²) in [6.45, 7) is -0.653. The van der Waals surface area contributed by atoms with Gasteiger partial charge < -0.3 is 31.1 Å². The second kappa shape index (κ2) is 19.4. The number of halogens is 1. The molecule has 2 aliphatic rings. The molecule has 10 N–H and O–H groups in total. The summed E-state index contributed by atoms with van der Waals surface area (Å²) in [6, 6.07) is 16.5. The Kier molecular flexibility index (Phi) is 14.9. The van der Waals surface area contributed by atoms with Gasteiger partial charge in [-0.3, -0.25) is 18.3 Å². The summed E-state index contributed by atoms with van der Waals surface area (Å²) in [5.74, 6) is -0.233. The summed E-state index contributed by atoms with van der Waals surface area (Å²) in [5.41, 5.74) is 3.62. The van der Waals surface area contributed by atoms with Gasteiger partial charge in [-0.25, -0.2) is 20.2 Å². The minimum Gasteiger partial charge on any atom is -0.390 e. The third-order valence-electron chi connectivity index (χ3n) is 9.77. The monoisotopic (exact) mass is 906 g/mol. The molecular formula is C36H47ClN12O10S2. The Morgan fingerprint density at radius 3 is 1.59 bits per heavy atom. The zero-order valence-corrected chi connectivity index (χ0v) is 33.0. The van der Waals surface area contributed by atoms with Crippen LogP contribution in [0.15, 0.2) is 79.3 Å². The molecule has 6 aromatic heterocycles. The fourth-order valence-corrected chi connectivity index (χ4v) is 7.86. The number of hydrogen-bond donors (Lipinski definition) is 8. The zero-order chi connectivity index (χ0) is 42.1. The topological polar surface area (TPSA) is 330 Å². The second-order valence-electron chi connectivity index (χ2n) is 13.8. The van der Waals surface area contributed by atoms with Crippen LogP contribution in [0.25, 0.3) is 34.1 Å². The summed E-state index contributed by atoms with van der Waals surface area (Å²) in [5, 5.41) is 66.4. The van der Waals surface area contributed by atoms with E-state index in [0.717, 1.165) is 0 Å². The molecule has 0 amide bonds. The first kappa shape index (κ1) is 47.1. The summed E-state index contributed by atoms with van der Waals surface area (Å²) < 4.78 is 56.2. The molecule has 0 aliphatic heterocycles. The van der Waals surface area contributed by atoms with Crippen LogP contribution in [0, 0.1) is 11.8 Å². The number of fused-ring (bicyclic) bond motifs is 2. The van der Waals surface area contributed by atoms with Crippen LogP contribution in [-0.2, 0) is 29.0 Å². The maximum absolute atomic E-state index is 11.0. The van der Waals surface area contributed by atoms with Gasteiger partial charge in [0.05, 0.1) is 48.9 Å². The molecule has 25 heteroatoms. The molecule has 0 saturated heterocycles. The van der Waals surface area contributed by atoms with E-state index in [1.807, 2.05) is 30.3 Å². The lowest BCUT2D eigenvalue weighted by atomic mass is 10.1. The van der Waals surface area contributed by atoms with E-state index < -0.39 is 68.9 Å². The van der Waals surface area contributed by atoms with Gasteiger partial charge in [-0.1, -0.05) is 38.6 Å². The first-order valence-corrected chi connectivity index (χ1v) is 21.2. The highest BCUT2D eigenvalue weighted by molar-refractivity contribution is 7.84. The molecular weight excluding hydrogens is 860 g/mol. The molecule has 0 bridgehead atoms. The van der Waals surface area contributed by atoms with Crippen molar-refractivity contribution in [1.82, 2.24) is 39.2 Å². The van der Waals surface area contributed by atoms with Gasteiger partial charge in [0, 0.05) is 48.6 Å². The van der Waals surface area contributed by atoms with Crippen molar-refractivity contribution in [2.24, 2.45) is 22.1 Å². The van der Waals surface area contributed by atoms with Crippen molar-refractivity contribution in [2.75, 3.05) is 23.8 Å². The van der Waals surface area contributed by atoms with E-state index >= 15 is 0 Å². The van der Waals surface area contributed by atoms with Crippen molar-refractivity contribution in [3.05, 3.63) is 84.4 Å². The summed E-state index contributed by atoms with van der Waals surface area (Å²) in [6.07, 6.45) is 0.771. The SMILES string of the molecule is C.C.NS(=O)(=O)OC[C@H]1C[C@@H](Nc2cc(Cl)nc3cc(-c4ccccn4)nn23)[C@H](O)[C@@H]1O.NS(=O)(=O)OC[C@H]1C[C@@H](Nc2ccnc3cc(-c4ccccn4)nn23)[C@H](O)[C@@H]1O.